The minimum atomic E-state index is -1.12. The van der Waals surface area contributed by atoms with Crippen molar-refractivity contribution in [3.63, 3.8) is 0 Å². The molecule has 0 aromatic heterocycles. The number of fused-ring (bicyclic) bond motifs is 2. The Kier molecular flexibility index (Phi) is 24.8. The summed E-state index contributed by atoms with van der Waals surface area (Å²) >= 11 is 0. The van der Waals surface area contributed by atoms with E-state index in [1.54, 1.807) is 18.7 Å². The van der Waals surface area contributed by atoms with Gasteiger partial charge in [-0.1, -0.05) is 143 Å². The molecule has 11 atom stereocenters. The third-order valence-electron chi connectivity index (χ3n) is 16.0. The first-order chi connectivity index (χ1) is 37.6. The van der Waals surface area contributed by atoms with Crippen molar-refractivity contribution in [1.82, 2.24) is 47.0 Å². The molecule has 2 aromatic rings. The molecule has 2 aromatic carbocycles. The third-order valence-corrected chi connectivity index (χ3v) is 16.0. The van der Waals surface area contributed by atoms with E-state index in [4.69, 9.17) is 0 Å². The summed E-state index contributed by atoms with van der Waals surface area (Å²) in [5.74, 6) is -5.44. The van der Waals surface area contributed by atoms with E-state index in [9.17, 15) is 43.2 Å². The molecule has 5 rings (SSSR count). The zero-order chi connectivity index (χ0) is 57.9. The van der Waals surface area contributed by atoms with Crippen molar-refractivity contribution in [3.05, 3.63) is 71.8 Å². The van der Waals surface area contributed by atoms with Crippen LogP contribution in [-0.2, 0) is 56.0 Å². The lowest BCUT2D eigenvalue weighted by Gasteiger charge is -2.35. The van der Waals surface area contributed by atoms with Crippen molar-refractivity contribution < 1.29 is 43.2 Å². The first kappa shape index (κ1) is 63.5. The van der Waals surface area contributed by atoms with Gasteiger partial charge in [0.1, 0.15) is 42.3 Å². The minimum Gasteiger partial charge on any atom is -0.353 e. The van der Waals surface area contributed by atoms with Gasteiger partial charge in [0.25, 0.3) is 0 Å². The maximum atomic E-state index is 14.7. The van der Waals surface area contributed by atoms with E-state index in [1.807, 2.05) is 116 Å². The van der Waals surface area contributed by atoms with E-state index in [0.717, 1.165) is 11.1 Å². The number of rotatable bonds is 13. The fraction of sp³-hybridized carbons (Fsp3) is 0.656. The predicted molar refractivity (Wildman–Crippen MR) is 304 cm³/mol. The zero-order valence-electron chi connectivity index (χ0n) is 48.7. The van der Waals surface area contributed by atoms with Crippen LogP contribution in [0, 0.1) is 29.6 Å². The lowest BCUT2D eigenvalue weighted by molar-refractivity contribution is -0.148. The monoisotopic (exact) mass is 1100 g/mol. The number of carbonyl (C=O) groups excluding carboxylic acids is 9. The summed E-state index contributed by atoms with van der Waals surface area (Å²) < 4.78 is 0. The van der Waals surface area contributed by atoms with Crippen molar-refractivity contribution in [2.45, 2.75) is 214 Å². The Labute approximate surface area is 469 Å². The van der Waals surface area contributed by atoms with Crippen LogP contribution in [0.5, 0.6) is 0 Å². The summed E-state index contributed by atoms with van der Waals surface area (Å²) in [6.45, 7) is 19.3. The summed E-state index contributed by atoms with van der Waals surface area (Å²) in [5.41, 5.74) is 1.91. The molecule has 18 nitrogen and oxygen atoms in total. The Morgan fingerprint density at radius 1 is 0.443 bits per heavy atom. The van der Waals surface area contributed by atoms with Crippen molar-refractivity contribution in [2.75, 3.05) is 13.1 Å². The first-order valence-electron chi connectivity index (χ1n) is 29.4. The van der Waals surface area contributed by atoms with E-state index in [1.165, 1.54) is 4.90 Å². The average molecular weight is 1100 g/mol. The lowest BCUT2D eigenvalue weighted by Crippen LogP contribution is -2.62. The molecular weight excluding hydrogens is 1000 g/mol. The van der Waals surface area contributed by atoms with Crippen LogP contribution in [0.15, 0.2) is 60.7 Å². The number of nitrogens with zero attached hydrogens (tertiary/aromatic N) is 2. The largest absolute Gasteiger partial charge is 0.353 e. The molecule has 3 heterocycles. The average Bonchev–Trinajstić information content (AvgIpc) is 4.17. The molecule has 436 valence electrons. The highest BCUT2D eigenvalue weighted by atomic mass is 16.2. The molecule has 18 heteroatoms. The van der Waals surface area contributed by atoms with Gasteiger partial charge in [0, 0.05) is 38.0 Å². The van der Waals surface area contributed by atoms with Crippen molar-refractivity contribution >= 4 is 53.2 Å². The normalized spacial score (nSPS) is 27.2. The lowest BCUT2D eigenvalue weighted by atomic mass is 9.93. The minimum absolute atomic E-state index is 0.0232. The maximum absolute atomic E-state index is 14.7. The molecule has 0 saturated carbocycles. The molecule has 3 aliphatic heterocycles. The molecule has 3 saturated heterocycles. The van der Waals surface area contributed by atoms with Crippen LogP contribution in [0.25, 0.3) is 0 Å². The van der Waals surface area contributed by atoms with Gasteiger partial charge in [-0.2, -0.15) is 0 Å². The van der Waals surface area contributed by atoms with Gasteiger partial charge < -0.3 is 47.0 Å². The van der Waals surface area contributed by atoms with E-state index in [0.29, 0.717) is 57.9 Å². The van der Waals surface area contributed by atoms with Crippen LogP contribution in [0.2, 0.25) is 0 Å². The van der Waals surface area contributed by atoms with Gasteiger partial charge in [0.15, 0.2) is 0 Å². The standard InChI is InChI=1S/C61H93N9O9/c1-11-40(9)53-58(76)65-47(34-38(5)6)56(74)66-52(39(7)8)61(79)70-32-20-26-49(70)60(78)69-31-19-25-48(69)57(75)63-45(36-43-23-17-14-18-24-43)28-29-50(71)62-44(35-42-21-15-13-16-22-42)27-30-51(72)64-46(33-37(3)4)55(73)67-54(41(10)12-2)59(77)68-53/h13-18,21-24,37-41,44-49,52-54H,11-12,19-20,25-36H2,1-10H3,(H,62,71)(H,63,75)(H,64,72)(H,65,76)(H,66,74)(H,67,73)(H,68,77)/t40-,41-,44+,45-,46-,47-,48-,49-,52-,53-,54-/m0/s1. The summed E-state index contributed by atoms with van der Waals surface area (Å²) in [6, 6.07) is 11.3. The number of hydrogen-bond acceptors (Lipinski definition) is 9. The van der Waals surface area contributed by atoms with Crippen LogP contribution in [0.3, 0.4) is 0 Å². The molecule has 0 spiro atoms. The maximum Gasteiger partial charge on any atom is 0.246 e. The Morgan fingerprint density at radius 3 is 1.34 bits per heavy atom. The Bertz CT molecular complexity index is 2370. The number of carbonyl (C=O) groups is 9. The van der Waals surface area contributed by atoms with Gasteiger partial charge >= 0.3 is 0 Å². The van der Waals surface area contributed by atoms with Crippen LogP contribution in [0.4, 0.5) is 0 Å². The summed E-state index contributed by atoms with van der Waals surface area (Å²) in [4.78, 5) is 133. The van der Waals surface area contributed by atoms with Crippen LogP contribution in [-0.4, -0.2) is 130 Å². The number of hydrogen-bond donors (Lipinski definition) is 7. The fourth-order valence-corrected chi connectivity index (χ4v) is 11.0. The molecule has 0 radical (unpaired) electrons. The fourth-order valence-electron chi connectivity index (χ4n) is 11.0. The Morgan fingerprint density at radius 2 is 0.861 bits per heavy atom. The molecular formula is C61H93N9O9. The van der Waals surface area contributed by atoms with Crippen molar-refractivity contribution in [2.24, 2.45) is 29.6 Å². The number of amides is 9. The topological polar surface area (TPSA) is 244 Å². The smallest absolute Gasteiger partial charge is 0.246 e. The van der Waals surface area contributed by atoms with Gasteiger partial charge in [0.2, 0.25) is 53.2 Å². The predicted octanol–water partition coefficient (Wildman–Crippen LogP) is 5.26. The molecule has 0 bridgehead atoms. The quantitative estimate of drug-likeness (QED) is 0.138. The van der Waals surface area contributed by atoms with Gasteiger partial charge in [-0.05, 0) is 105 Å². The van der Waals surface area contributed by atoms with E-state index in [-0.39, 0.29) is 74.6 Å². The molecule has 3 fully saturated rings. The number of nitrogens with one attached hydrogen (secondary N) is 7. The molecule has 7 N–H and O–H groups in total. The second-order valence-corrected chi connectivity index (χ2v) is 23.7. The summed E-state index contributed by atoms with van der Waals surface area (Å²) in [7, 11) is 0. The highest BCUT2D eigenvalue weighted by molar-refractivity contribution is 5.98. The Hall–Kier alpha value is -6.33. The summed E-state index contributed by atoms with van der Waals surface area (Å²) in [6.07, 6.45) is 4.79. The number of benzene rings is 2. The highest BCUT2D eigenvalue weighted by Crippen LogP contribution is 2.27. The van der Waals surface area contributed by atoms with Crippen LogP contribution >= 0.6 is 0 Å². The molecule has 0 aliphatic carbocycles. The SMILES string of the molecule is CC[C@H](C)[C@@H]1NC(=O)[C@H](CC(C)C)NC(=O)CC[C@H](Cc2ccccc2)NC(=O)CC[C@@H](Cc2ccccc2)NC(=O)[C@@H]2CCCN2C(=O)[C@@H]2CCCN2C(=O)[C@H](C(C)C)NC(=O)[C@H](CC(C)C)NC(=O)[C@H]([C@@H](C)CC)NC1=O. The van der Waals surface area contributed by atoms with Gasteiger partial charge in [-0.25, -0.2) is 0 Å². The molecule has 9 amide bonds. The second kappa shape index (κ2) is 30.9. The van der Waals surface area contributed by atoms with Crippen molar-refractivity contribution in [3.8, 4) is 0 Å². The van der Waals surface area contributed by atoms with Crippen LogP contribution < -0.4 is 37.2 Å². The van der Waals surface area contributed by atoms with Gasteiger partial charge in [-0.15, -0.1) is 0 Å². The molecule has 79 heavy (non-hydrogen) atoms. The Balaban J connectivity index is 1.51. The van der Waals surface area contributed by atoms with Crippen molar-refractivity contribution in [1.29, 1.82) is 0 Å². The zero-order valence-corrected chi connectivity index (χ0v) is 48.7. The van der Waals surface area contributed by atoms with E-state index < -0.39 is 108 Å². The first-order valence-corrected chi connectivity index (χ1v) is 29.4. The third kappa shape index (κ3) is 18.9. The van der Waals surface area contributed by atoms with Gasteiger partial charge in [-0.3, -0.25) is 43.2 Å². The second-order valence-electron chi connectivity index (χ2n) is 23.7. The molecule has 3 aliphatic rings. The summed E-state index contributed by atoms with van der Waals surface area (Å²) in [5, 5.41) is 21.0. The van der Waals surface area contributed by atoms with Gasteiger partial charge in [0.05, 0.1) is 0 Å². The van der Waals surface area contributed by atoms with E-state index in [2.05, 4.69) is 37.2 Å². The molecule has 0 unspecified atom stereocenters. The highest BCUT2D eigenvalue weighted by Gasteiger charge is 2.45. The van der Waals surface area contributed by atoms with E-state index >= 15 is 0 Å². The van der Waals surface area contributed by atoms with Crippen LogP contribution in [0.1, 0.15) is 157 Å².